The van der Waals surface area contributed by atoms with Crippen LogP contribution in [0.5, 0.6) is 0 Å². The Hall–Kier alpha value is -1.40. The lowest BCUT2D eigenvalue weighted by molar-refractivity contribution is -0.143. The molecule has 0 unspecified atom stereocenters. The molecule has 1 saturated heterocycles. The molecule has 1 spiro atoms. The summed E-state index contributed by atoms with van der Waals surface area (Å²) in [6.07, 6.45) is 4.52. The summed E-state index contributed by atoms with van der Waals surface area (Å²) in [7, 11) is 0. The van der Waals surface area contributed by atoms with Crippen LogP contribution in [-0.4, -0.2) is 40.3 Å². The Bertz CT molecular complexity index is 507. The van der Waals surface area contributed by atoms with E-state index >= 15 is 0 Å². The van der Waals surface area contributed by atoms with Crippen LogP contribution in [0.25, 0.3) is 0 Å². The molecule has 1 aliphatic heterocycles. The van der Waals surface area contributed by atoms with E-state index in [1.54, 1.807) is 12.1 Å². The number of ether oxygens (including phenoxy) is 1. The second-order valence-electron chi connectivity index (χ2n) is 5.32. The topological polar surface area (TPSA) is 66.8 Å². The number of carboxylic acid groups (broad SMARTS) is 1. The first-order valence-electron chi connectivity index (χ1n) is 6.88. The van der Waals surface area contributed by atoms with E-state index in [4.69, 9.17) is 4.74 Å². The van der Waals surface area contributed by atoms with Crippen LogP contribution >= 0.6 is 11.3 Å². The van der Waals surface area contributed by atoms with Crippen molar-refractivity contribution in [2.24, 2.45) is 0 Å². The van der Waals surface area contributed by atoms with Crippen molar-refractivity contribution in [3.05, 3.63) is 22.4 Å². The second kappa shape index (κ2) is 5.18. The van der Waals surface area contributed by atoms with E-state index in [0.29, 0.717) is 4.88 Å². The number of carboxylic acids is 1. The third-order valence-corrected chi connectivity index (χ3v) is 4.99. The zero-order chi connectivity index (χ0) is 14.2. The van der Waals surface area contributed by atoms with Crippen molar-refractivity contribution in [3.8, 4) is 0 Å². The maximum atomic E-state index is 12.7. The number of hydrogen-bond acceptors (Lipinski definition) is 4. The maximum absolute atomic E-state index is 12.7. The van der Waals surface area contributed by atoms with Gasteiger partial charge in [0.1, 0.15) is 5.72 Å². The molecule has 1 aliphatic carbocycles. The van der Waals surface area contributed by atoms with Crippen LogP contribution in [0.15, 0.2) is 17.5 Å². The number of thiophene rings is 1. The van der Waals surface area contributed by atoms with E-state index in [2.05, 4.69) is 0 Å². The minimum Gasteiger partial charge on any atom is -0.480 e. The van der Waals surface area contributed by atoms with Gasteiger partial charge in [-0.1, -0.05) is 12.5 Å². The van der Waals surface area contributed by atoms with E-state index in [0.717, 1.165) is 32.1 Å². The van der Waals surface area contributed by atoms with E-state index in [9.17, 15) is 14.7 Å². The van der Waals surface area contributed by atoms with Crippen molar-refractivity contribution in [2.75, 3.05) is 6.61 Å². The molecule has 2 fully saturated rings. The summed E-state index contributed by atoms with van der Waals surface area (Å²) < 4.78 is 5.82. The van der Waals surface area contributed by atoms with Crippen molar-refractivity contribution < 1.29 is 19.4 Å². The van der Waals surface area contributed by atoms with Gasteiger partial charge in [-0.05, 0) is 37.1 Å². The first kappa shape index (κ1) is 13.6. The smallest absolute Gasteiger partial charge is 0.328 e. The molecule has 1 atom stereocenters. The number of rotatable bonds is 2. The lowest BCUT2D eigenvalue weighted by Gasteiger charge is -2.40. The number of carbonyl (C=O) groups excluding carboxylic acids is 1. The summed E-state index contributed by atoms with van der Waals surface area (Å²) >= 11 is 1.34. The Labute approximate surface area is 121 Å². The average molecular weight is 295 g/mol. The largest absolute Gasteiger partial charge is 0.480 e. The summed E-state index contributed by atoms with van der Waals surface area (Å²) in [5, 5.41) is 11.2. The predicted molar refractivity (Wildman–Crippen MR) is 73.7 cm³/mol. The molecule has 2 heterocycles. The maximum Gasteiger partial charge on any atom is 0.328 e. The van der Waals surface area contributed by atoms with E-state index in [-0.39, 0.29) is 12.5 Å². The van der Waals surface area contributed by atoms with Gasteiger partial charge in [0.25, 0.3) is 5.91 Å². The second-order valence-corrected chi connectivity index (χ2v) is 6.27. The zero-order valence-electron chi connectivity index (χ0n) is 11.1. The number of carbonyl (C=O) groups is 2. The molecule has 6 heteroatoms. The minimum atomic E-state index is -0.989. The average Bonchev–Trinajstić information content (AvgIpc) is 3.07. The van der Waals surface area contributed by atoms with Gasteiger partial charge in [-0.25, -0.2) is 4.79 Å². The Morgan fingerprint density at radius 3 is 2.70 bits per heavy atom. The summed E-state index contributed by atoms with van der Waals surface area (Å²) in [4.78, 5) is 26.2. The van der Waals surface area contributed by atoms with Crippen LogP contribution in [0, 0.1) is 0 Å². The molecule has 108 valence electrons. The molecule has 0 aromatic carbocycles. The van der Waals surface area contributed by atoms with Crippen molar-refractivity contribution in [1.82, 2.24) is 4.90 Å². The van der Waals surface area contributed by atoms with Crippen LogP contribution < -0.4 is 0 Å². The highest BCUT2D eigenvalue weighted by molar-refractivity contribution is 7.12. The number of nitrogens with zero attached hydrogens (tertiary/aromatic N) is 1. The molecule has 1 saturated carbocycles. The molecule has 3 rings (SSSR count). The van der Waals surface area contributed by atoms with Gasteiger partial charge in [0.2, 0.25) is 0 Å². The molecule has 2 aliphatic rings. The number of amides is 1. The normalized spacial score (nSPS) is 25.0. The Balaban J connectivity index is 1.95. The fourth-order valence-corrected chi connectivity index (χ4v) is 3.84. The Morgan fingerprint density at radius 1 is 1.35 bits per heavy atom. The van der Waals surface area contributed by atoms with Crippen LogP contribution in [-0.2, 0) is 9.53 Å². The summed E-state index contributed by atoms with van der Waals surface area (Å²) in [6, 6.07) is 2.67. The summed E-state index contributed by atoms with van der Waals surface area (Å²) in [5.74, 6) is -1.20. The van der Waals surface area contributed by atoms with Gasteiger partial charge in [0.05, 0.1) is 11.5 Å². The molecule has 0 radical (unpaired) electrons. The van der Waals surface area contributed by atoms with E-state index in [1.165, 1.54) is 16.2 Å². The Kier molecular flexibility index (Phi) is 3.52. The van der Waals surface area contributed by atoms with Crippen LogP contribution in [0.3, 0.4) is 0 Å². The molecule has 1 amide bonds. The third kappa shape index (κ3) is 2.13. The predicted octanol–water partition coefficient (Wildman–Crippen LogP) is 2.33. The van der Waals surface area contributed by atoms with Gasteiger partial charge in [0, 0.05) is 0 Å². The highest BCUT2D eigenvalue weighted by Gasteiger charge is 2.53. The molecule has 20 heavy (non-hydrogen) atoms. The lowest BCUT2D eigenvalue weighted by Crippen LogP contribution is -2.54. The van der Waals surface area contributed by atoms with Gasteiger partial charge < -0.3 is 9.84 Å². The first-order chi connectivity index (χ1) is 9.64. The fraction of sp³-hybridized carbons (Fsp3) is 0.571. The molecule has 1 aromatic heterocycles. The SMILES string of the molecule is O=C(O)[C@@H]1COC2(CCCCC2)N1C(=O)c1cccs1. The van der Waals surface area contributed by atoms with Gasteiger partial charge >= 0.3 is 5.97 Å². The summed E-state index contributed by atoms with van der Waals surface area (Å²) in [6.45, 7) is 0.0897. The third-order valence-electron chi connectivity index (χ3n) is 4.13. The summed E-state index contributed by atoms with van der Waals surface area (Å²) in [5.41, 5.74) is -0.706. The number of hydrogen-bond donors (Lipinski definition) is 1. The van der Waals surface area contributed by atoms with Gasteiger partial charge in [-0.3, -0.25) is 9.69 Å². The van der Waals surface area contributed by atoms with E-state index < -0.39 is 17.7 Å². The van der Waals surface area contributed by atoms with Crippen molar-refractivity contribution in [1.29, 1.82) is 0 Å². The monoisotopic (exact) mass is 295 g/mol. The van der Waals surface area contributed by atoms with Crippen molar-refractivity contribution in [2.45, 2.75) is 43.9 Å². The van der Waals surface area contributed by atoms with Crippen LogP contribution in [0.4, 0.5) is 0 Å². The molecular weight excluding hydrogens is 278 g/mol. The minimum absolute atomic E-state index is 0.0897. The van der Waals surface area contributed by atoms with Gasteiger partial charge in [-0.15, -0.1) is 11.3 Å². The van der Waals surface area contributed by atoms with Crippen molar-refractivity contribution >= 4 is 23.2 Å². The first-order valence-corrected chi connectivity index (χ1v) is 7.76. The Morgan fingerprint density at radius 2 is 2.10 bits per heavy atom. The molecule has 5 nitrogen and oxygen atoms in total. The van der Waals surface area contributed by atoms with Gasteiger partial charge in [-0.2, -0.15) is 0 Å². The molecule has 1 N–H and O–H groups in total. The quantitative estimate of drug-likeness (QED) is 0.909. The van der Waals surface area contributed by atoms with Crippen LogP contribution in [0.2, 0.25) is 0 Å². The molecule has 1 aromatic rings. The van der Waals surface area contributed by atoms with Crippen molar-refractivity contribution in [3.63, 3.8) is 0 Å². The number of aliphatic carboxylic acids is 1. The molecule has 0 bridgehead atoms. The highest BCUT2D eigenvalue weighted by Crippen LogP contribution is 2.41. The standard InChI is InChI=1S/C14H17NO4S/c16-12(11-5-4-8-20-11)15-10(13(17)18)9-19-14(15)6-2-1-3-7-14/h4-5,8,10H,1-3,6-7,9H2,(H,17,18)/t10-/m0/s1. The van der Waals surface area contributed by atoms with Crippen LogP contribution in [0.1, 0.15) is 41.8 Å². The van der Waals surface area contributed by atoms with Gasteiger partial charge in [0.15, 0.2) is 6.04 Å². The fourth-order valence-electron chi connectivity index (χ4n) is 3.18. The molecular formula is C14H17NO4S. The van der Waals surface area contributed by atoms with E-state index in [1.807, 2.05) is 5.38 Å². The lowest BCUT2D eigenvalue weighted by atomic mass is 9.90. The zero-order valence-corrected chi connectivity index (χ0v) is 11.9. The highest BCUT2D eigenvalue weighted by atomic mass is 32.1.